The first-order chi connectivity index (χ1) is 37.7. The monoisotopic (exact) mass is 982 g/mol. The maximum absolute atomic E-state index is 6.50. The summed E-state index contributed by atoms with van der Waals surface area (Å²) in [6.45, 7) is 9.78. The van der Waals surface area contributed by atoms with E-state index in [2.05, 4.69) is 246 Å². The molecule has 362 valence electrons. The smallest absolute Gasteiger partial charge is 0.136 e. The van der Waals surface area contributed by atoms with Gasteiger partial charge in [-0.2, -0.15) is 0 Å². The van der Waals surface area contributed by atoms with Gasteiger partial charge in [0.1, 0.15) is 22.3 Å². The highest BCUT2D eigenvalue weighted by molar-refractivity contribution is 6.14. The third kappa shape index (κ3) is 5.54. The maximum Gasteiger partial charge on any atom is 0.136 e. The van der Waals surface area contributed by atoms with Crippen LogP contribution >= 0.6 is 0 Å². The maximum atomic E-state index is 6.50. The number of furan rings is 2. The van der Waals surface area contributed by atoms with E-state index >= 15 is 0 Å². The predicted octanol–water partition coefficient (Wildman–Crippen LogP) is 20.1. The molecular weight excluding hydrogens is 933 g/mol. The molecule has 0 unspecified atom stereocenters. The van der Waals surface area contributed by atoms with Gasteiger partial charge in [-0.3, -0.25) is 0 Å². The van der Waals surface area contributed by atoms with Gasteiger partial charge in [0.05, 0.1) is 5.41 Å². The van der Waals surface area contributed by atoms with Gasteiger partial charge in [-0.15, -0.1) is 0 Å². The molecule has 0 bridgehead atoms. The highest BCUT2D eigenvalue weighted by atomic mass is 16.3. The van der Waals surface area contributed by atoms with Crippen LogP contribution in [0.2, 0.25) is 0 Å². The molecule has 0 saturated carbocycles. The van der Waals surface area contributed by atoms with Crippen molar-refractivity contribution in [3.05, 3.63) is 275 Å². The molecule has 14 aromatic rings. The SMILES string of the molecule is CC1(C)c2cc3c(cc2-c2c1cc(-c1ccc4c(c1)oc1ccccc14)c1ccccc21)C(c1ccccc1)(c1ccccc1)c1cc2c(cc1-3)C(C)(C)c1cc(-c3ccc4c(c3)oc3ccccc34)c3ccccc3c1-2. The third-order valence-corrected chi connectivity index (χ3v) is 18.5. The van der Waals surface area contributed by atoms with Crippen LogP contribution < -0.4 is 0 Å². The molecule has 0 saturated heterocycles. The number of hydrogen-bond donors (Lipinski definition) is 0. The van der Waals surface area contributed by atoms with Gasteiger partial charge in [0.15, 0.2) is 0 Å². The van der Waals surface area contributed by atoms with Gasteiger partial charge in [-0.05, 0) is 194 Å². The van der Waals surface area contributed by atoms with E-state index in [9.17, 15) is 0 Å². The van der Waals surface area contributed by atoms with Crippen LogP contribution in [0.4, 0.5) is 0 Å². The van der Waals surface area contributed by atoms with Crippen molar-refractivity contribution in [2.24, 2.45) is 0 Å². The molecule has 12 aromatic carbocycles. The molecule has 2 aromatic heterocycles. The molecular formula is C75H50O2. The van der Waals surface area contributed by atoms with Crippen LogP contribution in [0, 0.1) is 0 Å². The van der Waals surface area contributed by atoms with Crippen LogP contribution in [-0.2, 0) is 16.2 Å². The van der Waals surface area contributed by atoms with E-state index in [1.807, 2.05) is 12.1 Å². The lowest BCUT2D eigenvalue weighted by Crippen LogP contribution is -2.29. The summed E-state index contributed by atoms with van der Waals surface area (Å²) in [6, 6.07) is 86.6. The molecule has 2 heterocycles. The fourth-order valence-electron chi connectivity index (χ4n) is 14.9. The summed E-state index contributed by atoms with van der Waals surface area (Å²) >= 11 is 0. The highest BCUT2D eigenvalue weighted by Crippen LogP contribution is 2.64. The Labute approximate surface area is 446 Å². The Hall–Kier alpha value is -9.24. The zero-order chi connectivity index (χ0) is 51.1. The minimum Gasteiger partial charge on any atom is -0.456 e. The molecule has 2 nitrogen and oxygen atoms in total. The lowest BCUT2D eigenvalue weighted by atomic mass is 9.67. The third-order valence-electron chi connectivity index (χ3n) is 18.5. The first kappa shape index (κ1) is 43.0. The van der Waals surface area contributed by atoms with Gasteiger partial charge in [-0.25, -0.2) is 0 Å². The van der Waals surface area contributed by atoms with Crippen molar-refractivity contribution in [2.45, 2.75) is 43.9 Å². The second-order valence-electron chi connectivity index (χ2n) is 23.0. The Morgan fingerprint density at radius 3 is 1.01 bits per heavy atom. The van der Waals surface area contributed by atoms with E-state index in [4.69, 9.17) is 8.83 Å². The van der Waals surface area contributed by atoms with Gasteiger partial charge in [0, 0.05) is 32.4 Å². The summed E-state index contributed by atoms with van der Waals surface area (Å²) in [6.07, 6.45) is 0. The van der Waals surface area contributed by atoms with Gasteiger partial charge >= 0.3 is 0 Å². The molecule has 0 spiro atoms. The average Bonchev–Trinajstić information content (AvgIpc) is 4.43. The second kappa shape index (κ2) is 15.0. The van der Waals surface area contributed by atoms with Crippen LogP contribution in [0.5, 0.6) is 0 Å². The minimum atomic E-state index is -0.619. The standard InChI is InChI=1S/C75H50O2/c1-73(2)61-39-57-58-40-62-60(72-54-28-14-12-24-48(54)56(38-66(72)74(62,3)4)44-32-34-52-50-26-16-18-30-68(50)77-70(52)36-44)42-64(58)75(45-19-7-5-8-20-45,46-21-9-6-10-22-46)63(57)41-59(61)71-53-27-13-11-23-47(53)55(37-65(71)73)43-31-33-51-49-25-15-17-29-67(49)76-69(51)35-43/h5-42H,1-4H3. The van der Waals surface area contributed by atoms with Gasteiger partial charge in [0.25, 0.3) is 0 Å². The molecule has 77 heavy (non-hydrogen) atoms. The summed E-state index contributed by atoms with van der Waals surface area (Å²) in [5.74, 6) is 0. The molecule has 0 N–H and O–H groups in total. The van der Waals surface area contributed by atoms with Gasteiger partial charge < -0.3 is 8.83 Å². The summed E-state index contributed by atoms with van der Waals surface area (Å²) in [5, 5.41) is 9.63. The van der Waals surface area contributed by atoms with E-state index in [-0.39, 0.29) is 10.8 Å². The van der Waals surface area contributed by atoms with E-state index in [0.717, 1.165) is 55.0 Å². The van der Waals surface area contributed by atoms with Crippen molar-refractivity contribution in [3.8, 4) is 55.6 Å². The Morgan fingerprint density at radius 2 is 0.584 bits per heavy atom. The quantitative estimate of drug-likeness (QED) is 0.176. The van der Waals surface area contributed by atoms with Crippen LogP contribution in [0.1, 0.15) is 72.2 Å². The first-order valence-corrected chi connectivity index (χ1v) is 27.1. The molecule has 3 aliphatic rings. The number of hydrogen-bond acceptors (Lipinski definition) is 2. The summed E-state index contributed by atoms with van der Waals surface area (Å²) < 4.78 is 13.0. The van der Waals surface area contributed by atoms with Crippen LogP contribution in [0.15, 0.2) is 239 Å². The second-order valence-corrected chi connectivity index (χ2v) is 23.0. The Balaban J connectivity index is 0.909. The van der Waals surface area contributed by atoms with Gasteiger partial charge in [0.2, 0.25) is 0 Å². The highest BCUT2D eigenvalue weighted by Gasteiger charge is 2.51. The molecule has 2 heteroatoms. The van der Waals surface area contributed by atoms with E-state index in [1.54, 1.807) is 0 Å². The molecule has 0 radical (unpaired) electrons. The molecule has 0 atom stereocenters. The van der Waals surface area contributed by atoms with E-state index in [0.29, 0.717) is 0 Å². The fourth-order valence-corrected chi connectivity index (χ4v) is 14.9. The number of para-hydroxylation sites is 2. The molecule has 0 aliphatic heterocycles. The van der Waals surface area contributed by atoms with E-state index < -0.39 is 5.41 Å². The topological polar surface area (TPSA) is 26.3 Å². The minimum absolute atomic E-state index is 0.306. The van der Waals surface area contributed by atoms with Crippen molar-refractivity contribution < 1.29 is 8.83 Å². The Bertz CT molecular complexity index is 4590. The molecule has 0 amide bonds. The number of benzene rings is 12. The largest absolute Gasteiger partial charge is 0.456 e. The lowest BCUT2D eigenvalue weighted by molar-refractivity contribution is 0.660. The van der Waals surface area contributed by atoms with Crippen molar-refractivity contribution in [1.82, 2.24) is 0 Å². The molecule has 3 aliphatic carbocycles. The average molecular weight is 983 g/mol. The lowest BCUT2D eigenvalue weighted by Gasteiger charge is -2.34. The van der Waals surface area contributed by atoms with Crippen molar-refractivity contribution in [2.75, 3.05) is 0 Å². The first-order valence-electron chi connectivity index (χ1n) is 27.1. The van der Waals surface area contributed by atoms with Crippen molar-refractivity contribution in [1.29, 1.82) is 0 Å². The summed E-state index contributed by atoms with van der Waals surface area (Å²) in [5.41, 5.74) is 25.8. The van der Waals surface area contributed by atoms with Crippen LogP contribution in [0.3, 0.4) is 0 Å². The molecule has 0 fully saturated rings. The van der Waals surface area contributed by atoms with E-state index in [1.165, 1.54) is 111 Å². The van der Waals surface area contributed by atoms with Crippen molar-refractivity contribution in [3.63, 3.8) is 0 Å². The zero-order valence-corrected chi connectivity index (χ0v) is 43.3. The normalized spacial score (nSPS) is 15.1. The Kier molecular flexibility index (Phi) is 8.38. The molecule has 17 rings (SSSR count). The summed E-state index contributed by atoms with van der Waals surface area (Å²) in [7, 11) is 0. The number of rotatable bonds is 4. The van der Waals surface area contributed by atoms with Crippen LogP contribution in [-0.4, -0.2) is 0 Å². The predicted molar refractivity (Wildman–Crippen MR) is 319 cm³/mol. The summed E-state index contributed by atoms with van der Waals surface area (Å²) in [4.78, 5) is 0. The van der Waals surface area contributed by atoms with Crippen LogP contribution in [0.25, 0.3) is 121 Å². The fraction of sp³-hybridized carbons (Fsp3) is 0.0933. The zero-order valence-electron chi connectivity index (χ0n) is 43.3. The van der Waals surface area contributed by atoms with Gasteiger partial charge in [-0.1, -0.05) is 185 Å². The number of fused-ring (bicyclic) bond motifs is 19. The van der Waals surface area contributed by atoms with Crippen molar-refractivity contribution >= 4 is 65.4 Å². The Morgan fingerprint density at radius 1 is 0.247 bits per heavy atom.